The molecule has 0 spiro atoms. The van der Waals surface area contributed by atoms with Gasteiger partial charge in [-0.25, -0.2) is 8.78 Å². The van der Waals surface area contributed by atoms with Gasteiger partial charge in [0.2, 0.25) is 5.91 Å². The van der Waals surface area contributed by atoms with Gasteiger partial charge in [-0.2, -0.15) is 0 Å². The number of carbonyl (C=O) groups excluding carboxylic acids is 1. The summed E-state index contributed by atoms with van der Waals surface area (Å²) in [6.45, 7) is 1.79. The van der Waals surface area contributed by atoms with Crippen LogP contribution < -0.4 is 11.1 Å². The number of rotatable bonds is 3. The van der Waals surface area contributed by atoms with Crippen molar-refractivity contribution in [1.82, 2.24) is 0 Å². The third-order valence-electron chi connectivity index (χ3n) is 2.98. The van der Waals surface area contributed by atoms with E-state index in [1.165, 1.54) is 12.1 Å². The normalized spacial score (nSPS) is 10.5. The Morgan fingerprint density at radius 3 is 2.71 bits per heavy atom. The molecule has 0 unspecified atom stereocenters. The maximum absolute atomic E-state index is 13.5. The first-order chi connectivity index (χ1) is 9.88. The summed E-state index contributed by atoms with van der Waals surface area (Å²) in [5, 5.41) is 2.63. The monoisotopic (exact) mass is 354 g/mol. The maximum Gasteiger partial charge on any atom is 0.228 e. The van der Waals surface area contributed by atoms with Gasteiger partial charge in [-0.1, -0.05) is 28.1 Å². The van der Waals surface area contributed by atoms with Crippen LogP contribution in [0.4, 0.5) is 20.2 Å². The molecule has 0 aliphatic heterocycles. The number of hydrogen-bond acceptors (Lipinski definition) is 2. The standard InChI is InChI=1S/C15H13BrF2N2O/c1-8-5-10(16)7-12(19)15(8)20-13(21)6-9-3-2-4-11(17)14(9)18/h2-5,7H,6,19H2,1H3,(H,20,21). The maximum atomic E-state index is 13.5. The summed E-state index contributed by atoms with van der Waals surface area (Å²) < 4.78 is 27.4. The molecule has 1 amide bonds. The molecule has 0 saturated carbocycles. The first-order valence-electron chi connectivity index (χ1n) is 6.17. The van der Waals surface area contributed by atoms with Gasteiger partial charge in [0.1, 0.15) is 0 Å². The van der Waals surface area contributed by atoms with Crippen molar-refractivity contribution in [3.8, 4) is 0 Å². The molecule has 21 heavy (non-hydrogen) atoms. The van der Waals surface area contributed by atoms with E-state index < -0.39 is 17.5 Å². The van der Waals surface area contributed by atoms with Crippen molar-refractivity contribution in [1.29, 1.82) is 0 Å². The van der Waals surface area contributed by atoms with E-state index in [1.807, 2.05) is 0 Å². The van der Waals surface area contributed by atoms with Crippen molar-refractivity contribution in [2.75, 3.05) is 11.1 Å². The van der Waals surface area contributed by atoms with Crippen molar-refractivity contribution in [2.24, 2.45) is 0 Å². The number of nitrogen functional groups attached to an aromatic ring is 1. The number of halogens is 3. The van der Waals surface area contributed by atoms with Crippen LogP contribution in [0.3, 0.4) is 0 Å². The highest BCUT2D eigenvalue weighted by Crippen LogP contribution is 2.28. The van der Waals surface area contributed by atoms with Crippen LogP contribution in [0.1, 0.15) is 11.1 Å². The summed E-state index contributed by atoms with van der Waals surface area (Å²) in [6.07, 6.45) is -0.265. The molecule has 0 atom stereocenters. The summed E-state index contributed by atoms with van der Waals surface area (Å²) in [5.41, 5.74) is 7.48. The Bertz CT molecular complexity index is 681. The van der Waals surface area contributed by atoms with E-state index >= 15 is 0 Å². The van der Waals surface area contributed by atoms with E-state index in [9.17, 15) is 13.6 Å². The lowest BCUT2D eigenvalue weighted by Gasteiger charge is -2.12. The topological polar surface area (TPSA) is 55.1 Å². The number of carbonyl (C=O) groups is 1. The molecule has 0 saturated heterocycles. The Balaban J connectivity index is 2.18. The van der Waals surface area contributed by atoms with E-state index in [1.54, 1.807) is 19.1 Å². The minimum atomic E-state index is -1.01. The van der Waals surface area contributed by atoms with Crippen LogP contribution in [0.25, 0.3) is 0 Å². The average molecular weight is 355 g/mol. The number of hydrogen-bond donors (Lipinski definition) is 2. The van der Waals surface area contributed by atoms with Crippen LogP contribution >= 0.6 is 15.9 Å². The van der Waals surface area contributed by atoms with Gasteiger partial charge in [-0.3, -0.25) is 4.79 Å². The summed E-state index contributed by atoms with van der Waals surface area (Å²) in [5.74, 6) is -2.44. The zero-order valence-corrected chi connectivity index (χ0v) is 12.8. The second kappa shape index (κ2) is 6.22. The van der Waals surface area contributed by atoms with Crippen LogP contribution in [0.5, 0.6) is 0 Å². The molecule has 0 aromatic heterocycles. The van der Waals surface area contributed by atoms with E-state index in [4.69, 9.17) is 5.73 Å². The Hall–Kier alpha value is -1.95. The Morgan fingerprint density at radius 2 is 2.05 bits per heavy atom. The van der Waals surface area contributed by atoms with Crippen LogP contribution in [0.2, 0.25) is 0 Å². The second-order valence-corrected chi connectivity index (χ2v) is 5.54. The molecule has 2 aromatic carbocycles. The molecule has 3 nitrogen and oxygen atoms in total. The highest BCUT2D eigenvalue weighted by molar-refractivity contribution is 9.10. The molecular weight excluding hydrogens is 342 g/mol. The lowest BCUT2D eigenvalue weighted by molar-refractivity contribution is -0.115. The Morgan fingerprint density at radius 1 is 1.33 bits per heavy atom. The zero-order chi connectivity index (χ0) is 15.6. The predicted octanol–water partition coefficient (Wildman–Crippen LogP) is 3.80. The van der Waals surface area contributed by atoms with Crippen molar-refractivity contribution >= 4 is 33.2 Å². The third-order valence-corrected chi connectivity index (χ3v) is 3.44. The molecule has 2 rings (SSSR count). The van der Waals surface area contributed by atoms with Crippen LogP contribution in [-0.2, 0) is 11.2 Å². The van der Waals surface area contributed by atoms with Crippen molar-refractivity contribution in [2.45, 2.75) is 13.3 Å². The first-order valence-corrected chi connectivity index (χ1v) is 6.96. The number of benzene rings is 2. The first kappa shape index (κ1) is 15.4. The quantitative estimate of drug-likeness (QED) is 0.823. The van der Waals surface area contributed by atoms with Gasteiger partial charge in [0.25, 0.3) is 0 Å². The molecular formula is C15H13BrF2N2O. The van der Waals surface area contributed by atoms with Gasteiger partial charge in [0.05, 0.1) is 17.8 Å². The number of nitrogens with two attached hydrogens (primary N) is 1. The number of nitrogens with one attached hydrogen (secondary N) is 1. The van der Waals surface area contributed by atoms with Crippen molar-refractivity contribution in [3.63, 3.8) is 0 Å². The molecule has 0 bridgehead atoms. The zero-order valence-electron chi connectivity index (χ0n) is 11.2. The van der Waals surface area contributed by atoms with Gasteiger partial charge < -0.3 is 11.1 Å². The van der Waals surface area contributed by atoms with Gasteiger partial charge >= 0.3 is 0 Å². The fraction of sp³-hybridized carbons (Fsp3) is 0.133. The van der Waals surface area contributed by atoms with Gasteiger partial charge in [-0.15, -0.1) is 0 Å². The lowest BCUT2D eigenvalue weighted by Crippen LogP contribution is -2.17. The van der Waals surface area contributed by atoms with E-state index in [-0.39, 0.29) is 12.0 Å². The van der Waals surface area contributed by atoms with Gasteiger partial charge in [0, 0.05) is 10.0 Å². The van der Waals surface area contributed by atoms with Gasteiger partial charge in [-0.05, 0) is 30.7 Å². The minimum absolute atomic E-state index is 0.000774. The molecule has 3 N–H and O–H groups in total. The van der Waals surface area contributed by atoms with Crippen molar-refractivity contribution in [3.05, 3.63) is 57.6 Å². The fourth-order valence-corrected chi connectivity index (χ4v) is 2.57. The fourth-order valence-electron chi connectivity index (χ4n) is 1.98. The lowest BCUT2D eigenvalue weighted by atomic mass is 10.1. The molecule has 110 valence electrons. The molecule has 0 aliphatic carbocycles. The summed E-state index contributed by atoms with van der Waals surface area (Å²) in [7, 11) is 0. The Labute approximate surface area is 129 Å². The SMILES string of the molecule is Cc1cc(Br)cc(N)c1NC(=O)Cc1cccc(F)c1F. The molecule has 0 heterocycles. The van der Waals surface area contributed by atoms with Gasteiger partial charge in [0.15, 0.2) is 11.6 Å². The highest BCUT2D eigenvalue weighted by Gasteiger charge is 2.14. The van der Waals surface area contributed by atoms with E-state index in [0.29, 0.717) is 11.4 Å². The van der Waals surface area contributed by atoms with Crippen LogP contribution in [0.15, 0.2) is 34.8 Å². The largest absolute Gasteiger partial charge is 0.397 e. The van der Waals surface area contributed by atoms with Crippen molar-refractivity contribution < 1.29 is 13.6 Å². The molecule has 0 aliphatic rings. The van der Waals surface area contributed by atoms with Crippen LogP contribution in [0, 0.1) is 18.6 Å². The number of anilines is 2. The summed E-state index contributed by atoms with van der Waals surface area (Å²) in [6, 6.07) is 7.20. The molecule has 6 heteroatoms. The predicted molar refractivity (Wildman–Crippen MR) is 82.0 cm³/mol. The second-order valence-electron chi connectivity index (χ2n) is 4.62. The molecule has 2 aromatic rings. The number of aryl methyl sites for hydroxylation is 1. The van der Waals surface area contributed by atoms with E-state index in [0.717, 1.165) is 16.1 Å². The smallest absolute Gasteiger partial charge is 0.228 e. The third kappa shape index (κ3) is 3.58. The average Bonchev–Trinajstić information content (AvgIpc) is 2.39. The summed E-state index contributed by atoms with van der Waals surface area (Å²) in [4.78, 5) is 12.0. The van der Waals surface area contributed by atoms with Crippen LogP contribution in [-0.4, -0.2) is 5.91 Å². The molecule has 0 fully saturated rings. The minimum Gasteiger partial charge on any atom is -0.397 e. The highest BCUT2D eigenvalue weighted by atomic mass is 79.9. The van der Waals surface area contributed by atoms with E-state index in [2.05, 4.69) is 21.2 Å². The summed E-state index contributed by atoms with van der Waals surface area (Å²) >= 11 is 3.30. The Kier molecular flexibility index (Phi) is 4.57. The molecule has 0 radical (unpaired) electrons. The number of amides is 1.